The Hall–Kier alpha value is -0.540. The van der Waals surface area contributed by atoms with Crippen molar-refractivity contribution < 1.29 is 0 Å². The van der Waals surface area contributed by atoms with Crippen molar-refractivity contribution in [2.75, 3.05) is 6.54 Å². The molecule has 66 valence electrons. The van der Waals surface area contributed by atoms with Gasteiger partial charge < -0.3 is 5.73 Å². The summed E-state index contributed by atoms with van der Waals surface area (Å²) in [4.78, 5) is 4.27. The van der Waals surface area contributed by atoms with Crippen LogP contribution in [-0.4, -0.2) is 16.8 Å². The van der Waals surface area contributed by atoms with E-state index in [1.165, 1.54) is 5.56 Å². The van der Waals surface area contributed by atoms with Gasteiger partial charge in [0.05, 0.1) is 5.03 Å². The van der Waals surface area contributed by atoms with E-state index in [1.54, 1.807) is 11.8 Å². The third kappa shape index (κ3) is 2.83. The van der Waals surface area contributed by atoms with Crippen LogP contribution in [0.1, 0.15) is 12.5 Å². The Morgan fingerprint density at radius 2 is 2.33 bits per heavy atom. The molecular weight excluding hydrogens is 168 g/mol. The van der Waals surface area contributed by atoms with Crippen molar-refractivity contribution in [2.45, 2.75) is 24.1 Å². The van der Waals surface area contributed by atoms with Gasteiger partial charge in [0.2, 0.25) is 0 Å². The van der Waals surface area contributed by atoms with Gasteiger partial charge in [0, 0.05) is 18.0 Å². The lowest BCUT2D eigenvalue weighted by atomic mass is 10.3. The number of aromatic nitrogens is 1. The molecule has 0 fully saturated rings. The highest BCUT2D eigenvalue weighted by atomic mass is 32.2. The van der Waals surface area contributed by atoms with Crippen LogP contribution in [-0.2, 0) is 0 Å². The van der Waals surface area contributed by atoms with Crippen LogP contribution >= 0.6 is 11.8 Å². The highest BCUT2D eigenvalue weighted by molar-refractivity contribution is 7.99. The van der Waals surface area contributed by atoms with E-state index in [9.17, 15) is 0 Å². The summed E-state index contributed by atoms with van der Waals surface area (Å²) in [6, 6.07) is 4.10. The first kappa shape index (κ1) is 9.55. The summed E-state index contributed by atoms with van der Waals surface area (Å²) in [5.74, 6) is 0. The number of nitrogens with two attached hydrogens (primary N) is 1. The van der Waals surface area contributed by atoms with Crippen molar-refractivity contribution in [1.29, 1.82) is 0 Å². The maximum Gasteiger partial charge on any atom is 0.0963 e. The van der Waals surface area contributed by atoms with Crippen molar-refractivity contribution in [3.63, 3.8) is 0 Å². The Kier molecular flexibility index (Phi) is 3.56. The SMILES string of the molecule is Cc1ccc(SC(C)CN)nc1. The smallest absolute Gasteiger partial charge is 0.0963 e. The minimum atomic E-state index is 0.445. The third-order valence-corrected chi connectivity index (χ3v) is 2.62. The second-order valence-electron chi connectivity index (χ2n) is 2.84. The molecule has 0 bridgehead atoms. The first-order valence-electron chi connectivity index (χ1n) is 4.01. The molecule has 0 amide bonds. The lowest BCUT2D eigenvalue weighted by Gasteiger charge is -2.06. The molecule has 0 radical (unpaired) electrons. The molecule has 1 unspecified atom stereocenters. The zero-order valence-corrected chi connectivity index (χ0v) is 8.27. The summed E-state index contributed by atoms with van der Waals surface area (Å²) in [7, 11) is 0. The van der Waals surface area contributed by atoms with Crippen LogP contribution in [0.3, 0.4) is 0 Å². The fourth-order valence-corrected chi connectivity index (χ4v) is 1.55. The molecule has 0 aliphatic carbocycles. The van der Waals surface area contributed by atoms with Crippen LogP contribution in [0.15, 0.2) is 23.4 Å². The van der Waals surface area contributed by atoms with Crippen LogP contribution in [0.4, 0.5) is 0 Å². The molecule has 2 N–H and O–H groups in total. The first-order valence-corrected chi connectivity index (χ1v) is 4.89. The van der Waals surface area contributed by atoms with E-state index in [0.29, 0.717) is 11.8 Å². The van der Waals surface area contributed by atoms with Crippen molar-refractivity contribution in [3.8, 4) is 0 Å². The van der Waals surface area contributed by atoms with E-state index in [1.807, 2.05) is 19.2 Å². The van der Waals surface area contributed by atoms with E-state index < -0.39 is 0 Å². The third-order valence-electron chi connectivity index (χ3n) is 1.54. The number of hydrogen-bond donors (Lipinski definition) is 1. The molecule has 1 heterocycles. The second-order valence-corrected chi connectivity index (χ2v) is 4.30. The topological polar surface area (TPSA) is 38.9 Å². The summed E-state index contributed by atoms with van der Waals surface area (Å²) in [6.45, 7) is 4.83. The molecule has 1 aromatic heterocycles. The molecule has 0 spiro atoms. The summed E-state index contributed by atoms with van der Waals surface area (Å²) in [5.41, 5.74) is 6.70. The van der Waals surface area contributed by atoms with Gasteiger partial charge in [0.25, 0.3) is 0 Å². The van der Waals surface area contributed by atoms with Crippen LogP contribution < -0.4 is 5.73 Å². The number of nitrogens with zero attached hydrogens (tertiary/aromatic N) is 1. The molecule has 3 heteroatoms. The molecule has 0 aromatic carbocycles. The monoisotopic (exact) mass is 182 g/mol. The van der Waals surface area contributed by atoms with E-state index in [4.69, 9.17) is 5.73 Å². The average Bonchev–Trinajstić information content (AvgIpc) is 2.09. The molecular formula is C9H14N2S. The number of hydrogen-bond acceptors (Lipinski definition) is 3. The minimum absolute atomic E-state index is 0.445. The van der Waals surface area contributed by atoms with Gasteiger partial charge in [-0.2, -0.15) is 0 Å². The van der Waals surface area contributed by atoms with Crippen LogP contribution in [0.25, 0.3) is 0 Å². The van der Waals surface area contributed by atoms with Crippen molar-refractivity contribution in [3.05, 3.63) is 23.9 Å². The minimum Gasteiger partial charge on any atom is -0.329 e. The lowest BCUT2D eigenvalue weighted by Crippen LogP contribution is -2.12. The van der Waals surface area contributed by atoms with Gasteiger partial charge in [-0.05, 0) is 18.6 Å². The number of thioether (sulfide) groups is 1. The fourth-order valence-electron chi connectivity index (χ4n) is 0.778. The predicted molar refractivity (Wildman–Crippen MR) is 53.3 cm³/mol. The van der Waals surface area contributed by atoms with Gasteiger partial charge >= 0.3 is 0 Å². The maximum absolute atomic E-state index is 5.50. The highest BCUT2D eigenvalue weighted by Gasteiger charge is 2.01. The van der Waals surface area contributed by atoms with Crippen molar-refractivity contribution in [1.82, 2.24) is 4.98 Å². The van der Waals surface area contributed by atoms with Crippen LogP contribution in [0, 0.1) is 6.92 Å². The van der Waals surface area contributed by atoms with Gasteiger partial charge in [-0.3, -0.25) is 0 Å². The predicted octanol–water partition coefficient (Wildman–Crippen LogP) is 1.83. The normalized spacial score (nSPS) is 12.9. The molecule has 0 aliphatic heterocycles. The summed E-state index contributed by atoms with van der Waals surface area (Å²) in [6.07, 6.45) is 1.88. The van der Waals surface area contributed by atoms with E-state index in [0.717, 1.165) is 5.03 Å². The molecule has 1 aromatic rings. The molecule has 0 aliphatic rings. The van der Waals surface area contributed by atoms with Crippen molar-refractivity contribution >= 4 is 11.8 Å². The molecule has 1 atom stereocenters. The van der Waals surface area contributed by atoms with Crippen LogP contribution in [0.5, 0.6) is 0 Å². The fraction of sp³-hybridized carbons (Fsp3) is 0.444. The molecule has 1 rings (SSSR count). The Morgan fingerprint density at radius 3 is 2.83 bits per heavy atom. The number of rotatable bonds is 3. The van der Waals surface area contributed by atoms with Crippen LogP contribution in [0.2, 0.25) is 0 Å². The average molecular weight is 182 g/mol. The van der Waals surface area contributed by atoms with Gasteiger partial charge in [0.15, 0.2) is 0 Å². The molecule has 2 nitrogen and oxygen atoms in total. The Labute approximate surface area is 77.6 Å². The van der Waals surface area contributed by atoms with E-state index >= 15 is 0 Å². The highest BCUT2D eigenvalue weighted by Crippen LogP contribution is 2.19. The Bertz CT molecular complexity index is 233. The lowest BCUT2D eigenvalue weighted by molar-refractivity contribution is 0.944. The Morgan fingerprint density at radius 1 is 1.58 bits per heavy atom. The van der Waals surface area contributed by atoms with Gasteiger partial charge in [-0.25, -0.2) is 4.98 Å². The van der Waals surface area contributed by atoms with Crippen molar-refractivity contribution in [2.24, 2.45) is 5.73 Å². The zero-order valence-electron chi connectivity index (χ0n) is 7.45. The Balaban J connectivity index is 2.58. The van der Waals surface area contributed by atoms with E-state index in [2.05, 4.69) is 18.0 Å². The summed E-state index contributed by atoms with van der Waals surface area (Å²) < 4.78 is 0. The number of pyridine rings is 1. The number of aryl methyl sites for hydroxylation is 1. The van der Waals surface area contributed by atoms with Gasteiger partial charge in [-0.1, -0.05) is 13.0 Å². The quantitative estimate of drug-likeness (QED) is 0.725. The largest absolute Gasteiger partial charge is 0.329 e. The standard InChI is InChI=1S/C9H14N2S/c1-7-3-4-9(11-6-7)12-8(2)5-10/h3-4,6,8H,5,10H2,1-2H3. The molecule has 0 saturated carbocycles. The zero-order chi connectivity index (χ0) is 8.97. The first-order chi connectivity index (χ1) is 5.72. The summed E-state index contributed by atoms with van der Waals surface area (Å²) in [5, 5.41) is 1.50. The molecule has 0 saturated heterocycles. The summed E-state index contributed by atoms with van der Waals surface area (Å²) >= 11 is 1.72. The maximum atomic E-state index is 5.50. The second kappa shape index (κ2) is 4.48. The molecule has 12 heavy (non-hydrogen) atoms. The van der Waals surface area contributed by atoms with E-state index in [-0.39, 0.29) is 0 Å². The van der Waals surface area contributed by atoms with Gasteiger partial charge in [0.1, 0.15) is 0 Å². The van der Waals surface area contributed by atoms with Gasteiger partial charge in [-0.15, -0.1) is 11.8 Å².